The van der Waals surface area contributed by atoms with E-state index in [4.69, 9.17) is 32.7 Å². The van der Waals surface area contributed by atoms with Gasteiger partial charge in [-0.3, -0.25) is 14.5 Å². The molecule has 0 bridgehead atoms. The third-order valence-corrected chi connectivity index (χ3v) is 7.11. The summed E-state index contributed by atoms with van der Waals surface area (Å²) >= 11 is 13.9. The number of carbonyl (C=O) groups excluding carboxylic acids is 2. The fraction of sp³-hybridized carbons (Fsp3) is 0.167. The molecule has 1 N–H and O–H groups in total. The lowest BCUT2D eigenvalue weighted by Gasteiger charge is -2.26. The molecule has 170 valence electrons. The second kappa shape index (κ2) is 9.09. The van der Waals surface area contributed by atoms with Gasteiger partial charge < -0.3 is 14.6 Å². The number of carbonyl (C=O) groups is 2. The number of halogens is 2. The van der Waals surface area contributed by atoms with Crippen LogP contribution in [0.15, 0.2) is 53.4 Å². The van der Waals surface area contributed by atoms with E-state index in [9.17, 15) is 14.7 Å². The van der Waals surface area contributed by atoms with Crippen LogP contribution in [0.2, 0.25) is 10.0 Å². The Labute approximate surface area is 204 Å². The minimum atomic E-state index is -0.853. The van der Waals surface area contributed by atoms with Gasteiger partial charge in [0.25, 0.3) is 11.7 Å². The molecular formula is C24H19Cl2NO5S. The molecule has 4 rings (SSSR count). The van der Waals surface area contributed by atoms with Crippen molar-refractivity contribution in [3.63, 3.8) is 0 Å². The van der Waals surface area contributed by atoms with Crippen molar-refractivity contribution < 1.29 is 24.2 Å². The van der Waals surface area contributed by atoms with Crippen molar-refractivity contribution in [2.45, 2.75) is 13.0 Å². The molecule has 33 heavy (non-hydrogen) atoms. The SMILES string of the molecule is COc1cc(/C(O)=C2\C(=O)C(=O)N(c3cccc(Cl)c3C)C2c2cccs2)c(OC)cc1Cl. The molecule has 1 aromatic heterocycles. The van der Waals surface area contributed by atoms with E-state index in [1.165, 1.54) is 42.6 Å². The Bertz CT molecular complexity index is 1290. The Balaban J connectivity index is 2.00. The maximum absolute atomic E-state index is 13.3. The van der Waals surface area contributed by atoms with Crippen molar-refractivity contribution in [1.82, 2.24) is 0 Å². The van der Waals surface area contributed by atoms with Crippen molar-refractivity contribution in [2.75, 3.05) is 19.1 Å². The Kier molecular flexibility index (Phi) is 6.38. The fourth-order valence-corrected chi connectivity index (χ4v) is 5.07. The molecule has 2 aromatic carbocycles. The van der Waals surface area contributed by atoms with Gasteiger partial charge in [0.15, 0.2) is 0 Å². The Morgan fingerprint density at radius 2 is 1.76 bits per heavy atom. The molecule has 9 heteroatoms. The molecule has 0 spiro atoms. The third kappa shape index (κ3) is 3.86. The number of aliphatic hydroxyl groups is 1. The second-order valence-corrected chi connectivity index (χ2v) is 9.05. The average Bonchev–Trinajstić information content (AvgIpc) is 3.42. The monoisotopic (exact) mass is 503 g/mol. The van der Waals surface area contributed by atoms with Crippen LogP contribution in [0.5, 0.6) is 11.5 Å². The van der Waals surface area contributed by atoms with Crippen molar-refractivity contribution in [3.05, 3.63) is 79.5 Å². The summed E-state index contributed by atoms with van der Waals surface area (Å²) in [7, 11) is 2.85. The maximum atomic E-state index is 13.3. The number of aliphatic hydroxyl groups excluding tert-OH is 1. The minimum Gasteiger partial charge on any atom is -0.507 e. The molecule has 1 saturated heterocycles. The van der Waals surface area contributed by atoms with E-state index < -0.39 is 17.7 Å². The van der Waals surface area contributed by atoms with Gasteiger partial charge in [-0.15, -0.1) is 11.3 Å². The number of thiophene rings is 1. The summed E-state index contributed by atoms with van der Waals surface area (Å²) in [5, 5.41) is 13.9. The highest BCUT2D eigenvalue weighted by Gasteiger charge is 2.48. The number of hydrogen-bond donors (Lipinski definition) is 1. The van der Waals surface area contributed by atoms with Crippen LogP contribution in [0.25, 0.3) is 5.76 Å². The van der Waals surface area contributed by atoms with Crippen LogP contribution in [0, 0.1) is 6.92 Å². The number of rotatable bonds is 5. The first-order chi connectivity index (χ1) is 15.8. The van der Waals surface area contributed by atoms with Gasteiger partial charge in [0.1, 0.15) is 23.3 Å². The summed E-state index contributed by atoms with van der Waals surface area (Å²) in [6.45, 7) is 1.77. The van der Waals surface area contributed by atoms with Gasteiger partial charge in [-0.1, -0.05) is 35.3 Å². The number of ether oxygens (including phenoxy) is 2. The van der Waals surface area contributed by atoms with Crippen molar-refractivity contribution in [2.24, 2.45) is 0 Å². The van der Waals surface area contributed by atoms with Crippen LogP contribution >= 0.6 is 34.5 Å². The van der Waals surface area contributed by atoms with Crippen LogP contribution in [0.3, 0.4) is 0 Å². The molecule has 1 atom stereocenters. The number of methoxy groups -OCH3 is 2. The molecule has 1 unspecified atom stereocenters. The minimum absolute atomic E-state index is 0.0653. The first kappa shape index (κ1) is 23.2. The fourth-order valence-electron chi connectivity index (χ4n) is 3.84. The van der Waals surface area contributed by atoms with Crippen LogP contribution in [-0.2, 0) is 9.59 Å². The van der Waals surface area contributed by atoms with Gasteiger partial charge in [0, 0.05) is 21.7 Å². The van der Waals surface area contributed by atoms with Crippen molar-refractivity contribution in [1.29, 1.82) is 0 Å². The smallest absolute Gasteiger partial charge is 0.300 e. The maximum Gasteiger partial charge on any atom is 0.300 e. The first-order valence-corrected chi connectivity index (χ1v) is 11.4. The lowest BCUT2D eigenvalue weighted by Crippen LogP contribution is -2.29. The summed E-state index contributed by atoms with van der Waals surface area (Å²) in [6.07, 6.45) is 0. The van der Waals surface area contributed by atoms with Crippen LogP contribution < -0.4 is 14.4 Å². The molecule has 0 radical (unpaired) electrons. The van der Waals surface area contributed by atoms with E-state index in [0.29, 0.717) is 21.2 Å². The topological polar surface area (TPSA) is 76.1 Å². The van der Waals surface area contributed by atoms with Gasteiger partial charge in [-0.2, -0.15) is 0 Å². The standard InChI is InChI=1S/C24H19Cl2NO5S/c1-12-14(25)6-4-7-16(12)27-21(19-8-5-9-33-19)20(23(29)24(27)30)22(28)13-10-18(32-3)15(26)11-17(13)31-2/h4-11,21,28H,1-3H3/b22-20+. The lowest BCUT2D eigenvalue weighted by molar-refractivity contribution is -0.132. The first-order valence-electron chi connectivity index (χ1n) is 9.81. The average molecular weight is 504 g/mol. The largest absolute Gasteiger partial charge is 0.507 e. The normalized spacial score (nSPS) is 17.5. The van der Waals surface area contributed by atoms with Gasteiger partial charge in [-0.05, 0) is 42.1 Å². The predicted octanol–water partition coefficient (Wildman–Crippen LogP) is 6.01. The van der Waals surface area contributed by atoms with Crippen LogP contribution in [0.4, 0.5) is 5.69 Å². The highest BCUT2D eigenvalue weighted by Crippen LogP contribution is 2.46. The summed E-state index contributed by atoms with van der Waals surface area (Å²) in [4.78, 5) is 28.6. The number of anilines is 1. The molecule has 0 saturated carbocycles. The van der Waals surface area contributed by atoms with Crippen LogP contribution in [-0.4, -0.2) is 31.0 Å². The number of amides is 1. The van der Waals surface area contributed by atoms with Gasteiger partial charge in [0.2, 0.25) is 0 Å². The predicted molar refractivity (Wildman–Crippen MR) is 130 cm³/mol. The van der Waals surface area contributed by atoms with Crippen molar-refractivity contribution >= 4 is 57.7 Å². The van der Waals surface area contributed by atoms with E-state index in [-0.39, 0.29) is 33.4 Å². The molecule has 1 amide bonds. The highest BCUT2D eigenvalue weighted by molar-refractivity contribution is 7.10. The van der Waals surface area contributed by atoms with Crippen molar-refractivity contribution in [3.8, 4) is 11.5 Å². The molecular weight excluding hydrogens is 485 g/mol. The second-order valence-electron chi connectivity index (χ2n) is 7.26. The summed E-state index contributed by atoms with van der Waals surface area (Å²) < 4.78 is 10.7. The van der Waals surface area contributed by atoms with Gasteiger partial charge in [-0.25, -0.2) is 0 Å². The Hall–Kier alpha value is -3.00. The summed E-state index contributed by atoms with van der Waals surface area (Å²) in [6, 6.07) is 10.9. The summed E-state index contributed by atoms with van der Waals surface area (Å²) in [5.74, 6) is -1.46. The van der Waals surface area contributed by atoms with E-state index in [0.717, 1.165) is 0 Å². The molecule has 2 heterocycles. The molecule has 1 aliphatic heterocycles. The number of nitrogens with zero attached hydrogens (tertiary/aromatic N) is 1. The number of benzene rings is 2. The molecule has 1 fully saturated rings. The van der Waals surface area contributed by atoms with Gasteiger partial charge in [0.05, 0.1) is 30.4 Å². The molecule has 1 aliphatic rings. The highest BCUT2D eigenvalue weighted by atomic mass is 35.5. The third-order valence-electron chi connectivity index (χ3n) is 5.48. The molecule has 6 nitrogen and oxygen atoms in total. The zero-order valence-corrected chi connectivity index (χ0v) is 20.2. The lowest BCUT2D eigenvalue weighted by atomic mass is 9.98. The van der Waals surface area contributed by atoms with E-state index >= 15 is 0 Å². The summed E-state index contributed by atoms with van der Waals surface area (Å²) in [5.41, 5.74) is 1.25. The van der Waals surface area contributed by atoms with E-state index in [2.05, 4.69) is 0 Å². The quantitative estimate of drug-likeness (QED) is 0.262. The number of ketones is 1. The molecule has 3 aromatic rings. The number of hydrogen-bond acceptors (Lipinski definition) is 6. The van der Waals surface area contributed by atoms with E-state index in [1.54, 1.807) is 31.2 Å². The Morgan fingerprint density at radius 1 is 1.03 bits per heavy atom. The van der Waals surface area contributed by atoms with Crippen LogP contribution in [0.1, 0.15) is 22.0 Å². The number of Topliss-reactive ketones (excluding diaryl/α,β-unsaturated/α-hetero) is 1. The molecule has 0 aliphatic carbocycles. The zero-order chi connectivity index (χ0) is 23.9. The zero-order valence-electron chi connectivity index (χ0n) is 17.9. The van der Waals surface area contributed by atoms with E-state index in [1.807, 2.05) is 11.4 Å². The van der Waals surface area contributed by atoms with Gasteiger partial charge >= 0.3 is 0 Å². The Morgan fingerprint density at radius 3 is 2.39 bits per heavy atom.